The zero-order valence-electron chi connectivity index (χ0n) is 17.4. The number of halogens is 4. The van der Waals surface area contributed by atoms with Gasteiger partial charge in [-0.3, -0.25) is 4.79 Å². The quantitative estimate of drug-likeness (QED) is 0.438. The van der Waals surface area contributed by atoms with E-state index in [0.717, 1.165) is 35.5 Å². The summed E-state index contributed by atoms with van der Waals surface area (Å²) in [4.78, 5) is 12.3. The van der Waals surface area contributed by atoms with Crippen LogP contribution in [0.2, 0.25) is 5.02 Å². The number of thioether (sulfide) groups is 1. The summed E-state index contributed by atoms with van der Waals surface area (Å²) >= 11 is 7.01. The molecule has 0 spiro atoms. The smallest absolute Gasteiger partial charge is 0.416 e. The number of rotatable bonds is 7. The van der Waals surface area contributed by atoms with Crippen LogP contribution in [0.25, 0.3) is 0 Å². The molecule has 1 aromatic heterocycles. The van der Waals surface area contributed by atoms with Gasteiger partial charge in [0.05, 0.1) is 22.0 Å². The highest BCUT2D eigenvalue weighted by molar-refractivity contribution is 7.99. The number of alkyl halides is 3. The van der Waals surface area contributed by atoms with Crippen LogP contribution in [0.5, 0.6) is 5.75 Å². The first-order chi connectivity index (χ1) is 15.0. The third-order valence-electron chi connectivity index (χ3n) is 4.47. The van der Waals surface area contributed by atoms with Crippen LogP contribution >= 0.6 is 23.4 Å². The minimum absolute atomic E-state index is 0.0133. The molecule has 0 radical (unpaired) electrons. The normalized spacial score (nSPS) is 12.5. The van der Waals surface area contributed by atoms with Gasteiger partial charge in [-0.05, 0) is 44.2 Å². The Bertz CT molecular complexity index is 1100. The Balaban J connectivity index is 1.61. The van der Waals surface area contributed by atoms with Crippen molar-refractivity contribution in [3.05, 3.63) is 64.4 Å². The maximum atomic E-state index is 12.9. The second-order valence-corrected chi connectivity index (χ2v) is 8.35. The average Bonchev–Trinajstić information content (AvgIpc) is 3.09. The van der Waals surface area contributed by atoms with Gasteiger partial charge in [-0.1, -0.05) is 41.1 Å². The highest BCUT2D eigenvalue weighted by atomic mass is 35.5. The number of carbonyl (C=O) groups is 1. The summed E-state index contributed by atoms with van der Waals surface area (Å²) < 4.78 is 46.2. The number of aromatic nitrogens is 3. The maximum Gasteiger partial charge on any atom is 0.416 e. The van der Waals surface area contributed by atoms with Crippen molar-refractivity contribution in [1.29, 1.82) is 0 Å². The van der Waals surface area contributed by atoms with E-state index in [1.54, 1.807) is 11.6 Å². The molecule has 1 N–H and O–H groups in total. The number of nitrogens with zero attached hydrogens (tertiary/aromatic N) is 3. The lowest BCUT2D eigenvalue weighted by Crippen LogP contribution is -2.16. The van der Waals surface area contributed by atoms with Crippen molar-refractivity contribution in [2.75, 3.05) is 11.1 Å². The van der Waals surface area contributed by atoms with Gasteiger partial charge in [0.15, 0.2) is 17.1 Å². The van der Waals surface area contributed by atoms with Crippen molar-refractivity contribution in [2.24, 2.45) is 7.05 Å². The third-order valence-corrected chi connectivity index (χ3v) is 5.82. The molecule has 1 atom stereocenters. The van der Waals surface area contributed by atoms with Crippen LogP contribution in [0.4, 0.5) is 18.9 Å². The average molecular weight is 485 g/mol. The number of carbonyl (C=O) groups excluding carboxylic acids is 1. The van der Waals surface area contributed by atoms with Crippen molar-refractivity contribution in [3.8, 4) is 5.75 Å². The fourth-order valence-corrected chi connectivity index (χ4v) is 3.68. The van der Waals surface area contributed by atoms with E-state index in [1.807, 2.05) is 38.1 Å². The van der Waals surface area contributed by atoms with Gasteiger partial charge in [-0.2, -0.15) is 13.2 Å². The highest BCUT2D eigenvalue weighted by Gasteiger charge is 2.31. The summed E-state index contributed by atoms with van der Waals surface area (Å²) in [5.74, 6) is 0.642. The lowest BCUT2D eigenvalue weighted by molar-refractivity contribution is -0.137. The molecule has 0 saturated heterocycles. The lowest BCUT2D eigenvalue weighted by Gasteiger charge is -2.14. The molecule has 1 unspecified atom stereocenters. The zero-order valence-corrected chi connectivity index (χ0v) is 19.0. The van der Waals surface area contributed by atoms with Crippen LogP contribution < -0.4 is 10.1 Å². The fraction of sp³-hybridized carbons (Fsp3) is 0.286. The van der Waals surface area contributed by atoms with E-state index in [2.05, 4.69) is 15.5 Å². The van der Waals surface area contributed by atoms with Crippen molar-refractivity contribution >= 4 is 35.0 Å². The van der Waals surface area contributed by atoms with Crippen LogP contribution in [0.1, 0.15) is 30.0 Å². The monoisotopic (exact) mass is 484 g/mol. The van der Waals surface area contributed by atoms with E-state index in [0.29, 0.717) is 16.7 Å². The Morgan fingerprint density at radius 3 is 2.56 bits per heavy atom. The molecule has 0 aliphatic carbocycles. The van der Waals surface area contributed by atoms with Gasteiger partial charge >= 0.3 is 6.18 Å². The number of anilines is 1. The number of hydrogen-bond acceptors (Lipinski definition) is 5. The first-order valence-corrected chi connectivity index (χ1v) is 10.8. The van der Waals surface area contributed by atoms with Gasteiger partial charge in [0, 0.05) is 7.05 Å². The van der Waals surface area contributed by atoms with Crippen LogP contribution in [-0.2, 0) is 18.0 Å². The van der Waals surface area contributed by atoms with E-state index in [4.69, 9.17) is 16.3 Å². The second kappa shape index (κ2) is 9.83. The summed E-state index contributed by atoms with van der Waals surface area (Å²) in [6.45, 7) is 3.82. The number of aryl methyl sites for hydroxylation is 1. The number of ether oxygens (including phenoxy) is 1. The molecule has 6 nitrogen and oxygen atoms in total. The molecule has 2 aromatic carbocycles. The number of amides is 1. The van der Waals surface area contributed by atoms with Crippen molar-refractivity contribution in [2.45, 2.75) is 31.3 Å². The summed E-state index contributed by atoms with van der Waals surface area (Å²) in [7, 11) is 1.74. The standard InChI is InChI=1S/C21H20ClF3N4O2S/c1-12-4-7-15(8-5-12)31-13(2)19-27-28-20(29(19)3)32-11-18(30)26-17-10-14(21(23,24)25)6-9-16(17)22/h4-10,13H,11H2,1-3H3,(H,26,30). The minimum atomic E-state index is -4.54. The molecule has 3 rings (SSSR count). The summed E-state index contributed by atoms with van der Waals surface area (Å²) in [6.07, 6.45) is -4.92. The van der Waals surface area contributed by atoms with Crippen molar-refractivity contribution in [3.63, 3.8) is 0 Å². The Labute approximate surface area is 192 Å². The SMILES string of the molecule is Cc1ccc(OC(C)c2nnc(SCC(=O)Nc3cc(C(F)(F)F)ccc3Cl)n2C)cc1. The van der Waals surface area contributed by atoms with Crippen LogP contribution in [0, 0.1) is 6.92 Å². The van der Waals surface area contributed by atoms with E-state index in [-0.39, 0.29) is 22.6 Å². The summed E-state index contributed by atoms with van der Waals surface area (Å²) in [6, 6.07) is 10.4. The molecule has 11 heteroatoms. The van der Waals surface area contributed by atoms with Gasteiger partial charge in [0.1, 0.15) is 5.75 Å². The second-order valence-electron chi connectivity index (χ2n) is 7.00. The Morgan fingerprint density at radius 1 is 1.22 bits per heavy atom. The molecule has 3 aromatic rings. The zero-order chi connectivity index (χ0) is 23.5. The molecule has 170 valence electrons. The summed E-state index contributed by atoms with van der Waals surface area (Å²) in [5, 5.41) is 11.1. The van der Waals surface area contributed by atoms with Crippen molar-refractivity contribution in [1.82, 2.24) is 14.8 Å². The van der Waals surface area contributed by atoms with E-state index in [9.17, 15) is 18.0 Å². The molecular formula is C21H20ClF3N4O2S. The van der Waals surface area contributed by atoms with Crippen LogP contribution in [0.3, 0.4) is 0 Å². The summed E-state index contributed by atoms with van der Waals surface area (Å²) in [5.41, 5.74) is 0.114. The molecule has 0 aliphatic rings. The van der Waals surface area contributed by atoms with Gasteiger partial charge in [-0.25, -0.2) is 0 Å². The molecule has 0 bridgehead atoms. The lowest BCUT2D eigenvalue weighted by atomic mass is 10.2. The Kier molecular flexibility index (Phi) is 7.35. The third kappa shape index (κ3) is 5.95. The van der Waals surface area contributed by atoms with Gasteiger partial charge in [0.25, 0.3) is 0 Å². The first kappa shape index (κ1) is 23.9. The first-order valence-electron chi connectivity index (χ1n) is 9.46. The Hall–Kier alpha value is -2.72. The van der Waals surface area contributed by atoms with Gasteiger partial charge < -0.3 is 14.6 Å². The van der Waals surface area contributed by atoms with Gasteiger partial charge in [0.2, 0.25) is 5.91 Å². The van der Waals surface area contributed by atoms with Gasteiger partial charge in [-0.15, -0.1) is 10.2 Å². The molecule has 32 heavy (non-hydrogen) atoms. The largest absolute Gasteiger partial charge is 0.483 e. The Morgan fingerprint density at radius 2 is 1.91 bits per heavy atom. The van der Waals surface area contributed by atoms with Crippen LogP contribution in [-0.4, -0.2) is 26.4 Å². The molecule has 0 saturated carbocycles. The van der Waals surface area contributed by atoms with Crippen molar-refractivity contribution < 1.29 is 22.7 Å². The number of nitrogens with one attached hydrogen (secondary N) is 1. The highest BCUT2D eigenvalue weighted by Crippen LogP contribution is 2.34. The number of hydrogen-bond donors (Lipinski definition) is 1. The van der Waals surface area contributed by atoms with Crippen LogP contribution in [0.15, 0.2) is 47.6 Å². The molecular weight excluding hydrogens is 465 g/mol. The van der Waals surface area contributed by atoms with E-state index >= 15 is 0 Å². The van der Waals surface area contributed by atoms with E-state index in [1.165, 1.54) is 0 Å². The molecule has 0 fully saturated rings. The predicted octanol–water partition coefficient (Wildman–Crippen LogP) is 5.67. The molecule has 1 amide bonds. The van der Waals surface area contributed by atoms with E-state index < -0.39 is 17.6 Å². The minimum Gasteiger partial charge on any atom is -0.483 e. The predicted molar refractivity (Wildman–Crippen MR) is 117 cm³/mol. The number of benzene rings is 2. The topological polar surface area (TPSA) is 69.0 Å². The molecule has 0 aliphatic heterocycles. The molecule has 1 heterocycles. The maximum absolute atomic E-state index is 12.9. The fourth-order valence-electron chi connectivity index (χ4n) is 2.79.